The van der Waals surface area contributed by atoms with E-state index < -0.39 is 6.36 Å². The molecule has 218 valence electrons. The molecule has 2 heterocycles. The highest BCUT2D eigenvalue weighted by atomic mass is 35.5. The van der Waals surface area contributed by atoms with Gasteiger partial charge in [-0.25, -0.2) is 0 Å². The lowest BCUT2D eigenvalue weighted by Gasteiger charge is -2.33. The van der Waals surface area contributed by atoms with Crippen molar-refractivity contribution in [2.45, 2.75) is 58.1 Å². The molecule has 0 radical (unpaired) electrons. The molecule has 0 atom stereocenters. The molecule has 1 saturated heterocycles. The molecule has 0 aliphatic carbocycles. The third-order valence-electron chi connectivity index (χ3n) is 7.72. The number of piperidine rings is 1. The Morgan fingerprint density at radius 3 is 2.54 bits per heavy atom. The number of ether oxygens (including phenoxy) is 1. The second-order valence-corrected chi connectivity index (χ2v) is 11.1. The number of aromatic nitrogens is 1. The van der Waals surface area contributed by atoms with Gasteiger partial charge in [0, 0.05) is 65.6 Å². The summed E-state index contributed by atoms with van der Waals surface area (Å²) in [6.45, 7) is 6.12. The fraction of sp³-hybridized carbons (Fsp3) is 0.375. The molecule has 0 spiro atoms. The lowest BCUT2D eigenvalue weighted by Crippen LogP contribution is -2.38. The first kappa shape index (κ1) is 29.3. The third-order valence-corrected chi connectivity index (χ3v) is 7.95. The van der Waals surface area contributed by atoms with Crippen molar-refractivity contribution in [3.05, 3.63) is 83.0 Å². The monoisotopic (exact) mass is 584 g/mol. The van der Waals surface area contributed by atoms with Crippen LogP contribution < -0.4 is 15.8 Å². The van der Waals surface area contributed by atoms with Crippen molar-refractivity contribution in [3.63, 3.8) is 0 Å². The number of fused-ring (bicyclic) bond motifs is 1. The van der Waals surface area contributed by atoms with E-state index in [1.807, 2.05) is 31.2 Å². The molecule has 1 fully saturated rings. The van der Waals surface area contributed by atoms with E-state index in [9.17, 15) is 13.2 Å². The number of nitrogens with one attached hydrogen (secondary N) is 1. The maximum atomic E-state index is 12.9. The van der Waals surface area contributed by atoms with Crippen LogP contribution in [0.25, 0.3) is 22.0 Å². The number of rotatable bonds is 10. The Bertz CT molecular complexity index is 1480. The van der Waals surface area contributed by atoms with Gasteiger partial charge in [-0.15, -0.1) is 13.2 Å². The van der Waals surface area contributed by atoms with Gasteiger partial charge in [-0.2, -0.15) is 0 Å². The molecule has 1 aromatic heterocycles. The molecule has 0 saturated carbocycles. The van der Waals surface area contributed by atoms with Crippen molar-refractivity contribution < 1.29 is 17.9 Å². The second kappa shape index (κ2) is 12.8. The van der Waals surface area contributed by atoms with Gasteiger partial charge in [0.05, 0.1) is 0 Å². The van der Waals surface area contributed by atoms with E-state index in [-0.39, 0.29) is 5.75 Å². The summed E-state index contributed by atoms with van der Waals surface area (Å²) in [5, 5.41) is 5.43. The molecule has 4 aromatic rings. The first-order valence-corrected chi connectivity index (χ1v) is 14.6. The maximum absolute atomic E-state index is 12.9. The van der Waals surface area contributed by atoms with E-state index >= 15 is 0 Å². The van der Waals surface area contributed by atoms with Gasteiger partial charge in [-0.05, 0) is 91.4 Å². The van der Waals surface area contributed by atoms with Gasteiger partial charge in [0.1, 0.15) is 5.75 Å². The summed E-state index contributed by atoms with van der Waals surface area (Å²) in [6.07, 6.45) is 0.887. The van der Waals surface area contributed by atoms with Crippen LogP contribution in [0.15, 0.2) is 66.9 Å². The molecule has 1 aliphatic rings. The Labute approximate surface area is 244 Å². The second-order valence-electron chi connectivity index (χ2n) is 10.7. The predicted molar refractivity (Wildman–Crippen MR) is 160 cm³/mol. The largest absolute Gasteiger partial charge is 0.573 e. The van der Waals surface area contributed by atoms with Crippen LogP contribution in [0.2, 0.25) is 5.02 Å². The van der Waals surface area contributed by atoms with E-state index in [0.717, 1.165) is 83.7 Å². The molecule has 41 heavy (non-hydrogen) atoms. The SMILES string of the molecule is CCc1cc(OC(F)(F)F)ccc1-c1cn(CCCN)c2ccc(CN3CCC(Nc4cccc(Cl)c4)CC3)cc12. The van der Waals surface area contributed by atoms with E-state index in [1.165, 1.54) is 17.7 Å². The van der Waals surface area contributed by atoms with E-state index in [4.69, 9.17) is 17.3 Å². The number of benzene rings is 3. The summed E-state index contributed by atoms with van der Waals surface area (Å²) < 4.78 is 45.0. The smallest absolute Gasteiger partial charge is 0.406 e. The molecule has 0 amide bonds. The zero-order valence-electron chi connectivity index (χ0n) is 23.2. The summed E-state index contributed by atoms with van der Waals surface area (Å²) in [6, 6.07) is 19.5. The number of nitrogens with zero attached hydrogens (tertiary/aromatic N) is 2. The highest BCUT2D eigenvalue weighted by Crippen LogP contribution is 2.37. The molecule has 9 heteroatoms. The Kier molecular flexibility index (Phi) is 9.12. The normalized spacial score (nSPS) is 15.0. The van der Waals surface area contributed by atoms with Gasteiger partial charge in [-0.3, -0.25) is 4.90 Å². The predicted octanol–water partition coefficient (Wildman–Crippen LogP) is 7.85. The summed E-state index contributed by atoms with van der Waals surface area (Å²) in [4.78, 5) is 2.48. The highest BCUT2D eigenvalue weighted by molar-refractivity contribution is 6.30. The standard InChI is InChI=1S/C32H36ClF3N4O/c1-2-23-18-27(41-32(34,35)36)8-9-28(23)30-21-40(14-4-13-37)31-10-7-22(17-29(30)31)20-39-15-11-25(12-16-39)38-26-6-3-5-24(33)19-26/h3,5-10,17-19,21,25,38H,2,4,11-16,20,37H2,1H3. The third kappa shape index (κ3) is 7.36. The molecule has 0 unspecified atom stereocenters. The number of nitrogens with two attached hydrogens (primary N) is 1. The number of likely N-dealkylation sites (tertiary alicyclic amines) is 1. The van der Waals surface area contributed by atoms with Crippen LogP contribution in [0.1, 0.15) is 37.3 Å². The van der Waals surface area contributed by atoms with Crippen LogP contribution in [-0.4, -0.2) is 41.5 Å². The molecule has 3 aromatic carbocycles. The Balaban J connectivity index is 1.37. The fourth-order valence-electron chi connectivity index (χ4n) is 5.73. The highest BCUT2D eigenvalue weighted by Gasteiger charge is 2.31. The minimum Gasteiger partial charge on any atom is -0.406 e. The van der Waals surface area contributed by atoms with Gasteiger partial charge in [0.25, 0.3) is 0 Å². The first-order chi connectivity index (χ1) is 19.7. The lowest BCUT2D eigenvalue weighted by atomic mass is 9.96. The van der Waals surface area contributed by atoms with Crippen molar-refractivity contribution in [1.29, 1.82) is 0 Å². The van der Waals surface area contributed by atoms with Crippen LogP contribution >= 0.6 is 11.6 Å². The number of alkyl halides is 3. The number of halogens is 4. The summed E-state index contributed by atoms with van der Waals surface area (Å²) in [5.74, 6) is -0.195. The molecule has 5 rings (SSSR count). The Morgan fingerprint density at radius 2 is 1.83 bits per heavy atom. The van der Waals surface area contributed by atoms with Crippen molar-refractivity contribution in [2.24, 2.45) is 5.73 Å². The van der Waals surface area contributed by atoms with Gasteiger partial charge in [0.2, 0.25) is 0 Å². The topological polar surface area (TPSA) is 55.5 Å². The van der Waals surface area contributed by atoms with E-state index in [2.05, 4.69) is 43.9 Å². The van der Waals surface area contributed by atoms with Gasteiger partial charge < -0.3 is 20.4 Å². The minimum absolute atomic E-state index is 0.195. The molecular weight excluding hydrogens is 549 g/mol. The molecule has 0 bridgehead atoms. The average Bonchev–Trinajstić information content (AvgIpc) is 3.29. The van der Waals surface area contributed by atoms with Crippen molar-refractivity contribution in [3.8, 4) is 16.9 Å². The number of aryl methyl sites for hydroxylation is 2. The van der Waals surface area contributed by atoms with Gasteiger partial charge in [0.15, 0.2) is 0 Å². The number of hydrogen-bond donors (Lipinski definition) is 2. The van der Waals surface area contributed by atoms with Crippen molar-refractivity contribution in [1.82, 2.24) is 9.47 Å². The van der Waals surface area contributed by atoms with Crippen molar-refractivity contribution in [2.75, 3.05) is 25.0 Å². The minimum atomic E-state index is -4.72. The summed E-state index contributed by atoms with van der Waals surface area (Å²) in [7, 11) is 0. The lowest BCUT2D eigenvalue weighted by molar-refractivity contribution is -0.274. The van der Waals surface area contributed by atoms with Gasteiger partial charge >= 0.3 is 6.36 Å². The molecule has 5 nitrogen and oxygen atoms in total. The van der Waals surface area contributed by atoms with Crippen LogP contribution in [0.4, 0.5) is 18.9 Å². The van der Waals surface area contributed by atoms with Crippen LogP contribution in [0.5, 0.6) is 5.75 Å². The van der Waals surface area contributed by atoms with E-state index in [0.29, 0.717) is 19.0 Å². The number of anilines is 1. The zero-order chi connectivity index (χ0) is 29.0. The van der Waals surface area contributed by atoms with Crippen LogP contribution in [-0.2, 0) is 19.5 Å². The fourth-order valence-corrected chi connectivity index (χ4v) is 5.92. The van der Waals surface area contributed by atoms with Crippen LogP contribution in [0.3, 0.4) is 0 Å². The summed E-state index contributed by atoms with van der Waals surface area (Å²) >= 11 is 6.14. The Morgan fingerprint density at radius 1 is 1.02 bits per heavy atom. The van der Waals surface area contributed by atoms with Gasteiger partial charge in [-0.1, -0.05) is 36.7 Å². The number of hydrogen-bond acceptors (Lipinski definition) is 4. The molecule has 1 aliphatic heterocycles. The van der Waals surface area contributed by atoms with E-state index in [1.54, 1.807) is 6.07 Å². The first-order valence-electron chi connectivity index (χ1n) is 14.2. The van der Waals surface area contributed by atoms with Crippen LogP contribution in [0, 0.1) is 0 Å². The maximum Gasteiger partial charge on any atom is 0.573 e. The Hall–Kier alpha value is -3.20. The quantitative estimate of drug-likeness (QED) is 0.199. The molecular formula is C32H36ClF3N4O. The molecule has 3 N–H and O–H groups in total. The average molecular weight is 585 g/mol. The summed E-state index contributed by atoms with van der Waals surface area (Å²) in [5.41, 5.74) is 11.9. The zero-order valence-corrected chi connectivity index (χ0v) is 23.9. The van der Waals surface area contributed by atoms with Crippen molar-refractivity contribution >= 4 is 28.2 Å².